The Morgan fingerprint density at radius 3 is 2.65 bits per heavy atom. The number of nitrogens with one attached hydrogen (secondary N) is 1. The Morgan fingerprint density at radius 1 is 0.957 bits per heavy atom. The number of hydrogen-bond acceptors (Lipinski definition) is 3. The van der Waals surface area contributed by atoms with E-state index in [4.69, 9.17) is 0 Å². The van der Waals surface area contributed by atoms with E-state index in [1.54, 1.807) is 6.07 Å². The second kappa shape index (κ2) is 5.97. The average molecular weight is 307 g/mol. The molecule has 1 fully saturated rings. The first-order valence-electron chi connectivity index (χ1n) is 7.92. The normalized spacial score (nSPS) is 15.1. The third-order valence-corrected chi connectivity index (χ3v) is 4.33. The number of piperazine rings is 1. The summed E-state index contributed by atoms with van der Waals surface area (Å²) in [6.45, 7) is 4.03. The molecular formula is C19H18FN3. The summed E-state index contributed by atoms with van der Waals surface area (Å²) in [5.41, 5.74) is 3.91. The smallest absolute Gasteiger partial charge is 0.132 e. The Hall–Kier alpha value is -2.46. The molecule has 2 aromatic carbocycles. The van der Waals surface area contributed by atoms with E-state index in [-0.39, 0.29) is 5.82 Å². The van der Waals surface area contributed by atoms with Crippen LogP contribution in [0.5, 0.6) is 0 Å². The highest BCUT2D eigenvalue weighted by atomic mass is 19.1. The standard InChI is InChI=1S/C19H18FN3/c20-18-5-2-6-19-17(18)12-15(13-22-19)14-3-1-4-16(11-14)23-9-7-21-8-10-23/h1-6,11-13,21H,7-10H2. The highest BCUT2D eigenvalue weighted by molar-refractivity contribution is 5.84. The van der Waals surface area contributed by atoms with E-state index in [9.17, 15) is 4.39 Å². The van der Waals surface area contributed by atoms with Gasteiger partial charge < -0.3 is 10.2 Å². The highest BCUT2D eigenvalue weighted by Gasteiger charge is 2.11. The summed E-state index contributed by atoms with van der Waals surface area (Å²) in [4.78, 5) is 6.77. The molecule has 1 aliphatic heterocycles. The van der Waals surface area contributed by atoms with Crippen LogP contribution >= 0.6 is 0 Å². The van der Waals surface area contributed by atoms with Gasteiger partial charge in [-0.1, -0.05) is 18.2 Å². The van der Waals surface area contributed by atoms with Crippen LogP contribution < -0.4 is 10.2 Å². The lowest BCUT2D eigenvalue weighted by Crippen LogP contribution is -2.43. The topological polar surface area (TPSA) is 28.2 Å². The van der Waals surface area contributed by atoms with Gasteiger partial charge in [-0.05, 0) is 35.9 Å². The maximum atomic E-state index is 14.0. The molecule has 116 valence electrons. The van der Waals surface area contributed by atoms with Crippen LogP contribution in [0.25, 0.3) is 22.0 Å². The van der Waals surface area contributed by atoms with Crippen molar-refractivity contribution >= 4 is 16.6 Å². The lowest BCUT2D eigenvalue weighted by Gasteiger charge is -2.29. The molecule has 3 aromatic rings. The number of nitrogens with zero attached hydrogens (tertiary/aromatic N) is 2. The molecule has 3 nitrogen and oxygen atoms in total. The van der Waals surface area contributed by atoms with E-state index in [2.05, 4.69) is 39.5 Å². The van der Waals surface area contributed by atoms with Gasteiger partial charge in [0.05, 0.1) is 5.52 Å². The monoisotopic (exact) mass is 307 g/mol. The Kier molecular flexibility index (Phi) is 3.67. The number of fused-ring (bicyclic) bond motifs is 1. The van der Waals surface area contributed by atoms with E-state index >= 15 is 0 Å². The number of halogens is 1. The lowest BCUT2D eigenvalue weighted by atomic mass is 10.0. The molecule has 1 saturated heterocycles. The molecule has 4 rings (SSSR count). The third-order valence-electron chi connectivity index (χ3n) is 4.33. The zero-order valence-electron chi connectivity index (χ0n) is 12.8. The van der Waals surface area contributed by atoms with Gasteiger partial charge in [0.1, 0.15) is 5.82 Å². The van der Waals surface area contributed by atoms with Crippen LogP contribution in [0.1, 0.15) is 0 Å². The molecule has 1 N–H and O–H groups in total. The molecule has 2 heterocycles. The number of benzene rings is 2. The molecule has 0 spiro atoms. The minimum absolute atomic E-state index is 0.227. The predicted molar refractivity (Wildman–Crippen MR) is 92.2 cm³/mol. The van der Waals surface area contributed by atoms with Gasteiger partial charge in [0.25, 0.3) is 0 Å². The fourth-order valence-corrected chi connectivity index (χ4v) is 3.08. The Morgan fingerprint density at radius 2 is 1.78 bits per heavy atom. The largest absolute Gasteiger partial charge is 0.369 e. The van der Waals surface area contributed by atoms with Crippen LogP contribution in [0.4, 0.5) is 10.1 Å². The molecule has 1 aromatic heterocycles. The van der Waals surface area contributed by atoms with Gasteiger partial charge >= 0.3 is 0 Å². The first kappa shape index (κ1) is 14.2. The number of anilines is 1. The van der Waals surface area contributed by atoms with Crippen molar-refractivity contribution in [2.75, 3.05) is 31.1 Å². The van der Waals surface area contributed by atoms with Gasteiger partial charge in [-0.3, -0.25) is 4.98 Å². The van der Waals surface area contributed by atoms with Crippen molar-refractivity contribution in [2.24, 2.45) is 0 Å². The molecule has 4 heteroatoms. The second-order valence-electron chi connectivity index (χ2n) is 5.82. The highest BCUT2D eigenvalue weighted by Crippen LogP contribution is 2.27. The van der Waals surface area contributed by atoms with Gasteiger partial charge in [-0.2, -0.15) is 0 Å². The van der Waals surface area contributed by atoms with Crippen molar-refractivity contribution in [3.8, 4) is 11.1 Å². The van der Waals surface area contributed by atoms with Crippen molar-refractivity contribution in [3.63, 3.8) is 0 Å². The van der Waals surface area contributed by atoms with Crippen molar-refractivity contribution in [3.05, 3.63) is 60.5 Å². The van der Waals surface area contributed by atoms with Crippen molar-refractivity contribution < 1.29 is 4.39 Å². The molecule has 0 atom stereocenters. The molecule has 23 heavy (non-hydrogen) atoms. The van der Waals surface area contributed by atoms with Crippen LogP contribution in [-0.4, -0.2) is 31.2 Å². The van der Waals surface area contributed by atoms with Gasteiger partial charge in [0.15, 0.2) is 0 Å². The fourth-order valence-electron chi connectivity index (χ4n) is 3.08. The molecule has 1 aliphatic rings. The SMILES string of the molecule is Fc1cccc2ncc(-c3cccc(N4CCNCC4)c3)cc12. The maximum Gasteiger partial charge on any atom is 0.132 e. The van der Waals surface area contributed by atoms with E-state index in [0.29, 0.717) is 10.9 Å². The molecule has 0 amide bonds. The van der Waals surface area contributed by atoms with Crippen molar-refractivity contribution in [1.29, 1.82) is 0 Å². The van der Waals surface area contributed by atoms with Crippen molar-refractivity contribution in [1.82, 2.24) is 10.3 Å². The fraction of sp³-hybridized carbons (Fsp3) is 0.211. The number of rotatable bonds is 2. The summed E-state index contributed by atoms with van der Waals surface area (Å²) >= 11 is 0. The zero-order chi connectivity index (χ0) is 15.6. The number of aromatic nitrogens is 1. The Labute approximate surface area is 134 Å². The summed E-state index contributed by atoms with van der Waals surface area (Å²) in [5.74, 6) is -0.227. The summed E-state index contributed by atoms with van der Waals surface area (Å²) in [6.07, 6.45) is 1.82. The first-order valence-corrected chi connectivity index (χ1v) is 7.92. The third kappa shape index (κ3) is 2.78. The molecule has 0 saturated carbocycles. The lowest BCUT2D eigenvalue weighted by molar-refractivity contribution is 0.589. The van der Waals surface area contributed by atoms with E-state index in [1.807, 2.05) is 18.3 Å². The second-order valence-corrected chi connectivity index (χ2v) is 5.82. The molecule has 0 aliphatic carbocycles. The van der Waals surface area contributed by atoms with Crippen LogP contribution in [0.3, 0.4) is 0 Å². The minimum Gasteiger partial charge on any atom is -0.369 e. The average Bonchev–Trinajstić information content (AvgIpc) is 2.63. The summed E-state index contributed by atoms with van der Waals surface area (Å²) in [5, 5.41) is 3.93. The summed E-state index contributed by atoms with van der Waals surface area (Å²) in [6, 6.07) is 15.3. The molecule has 0 radical (unpaired) electrons. The van der Waals surface area contributed by atoms with E-state index in [1.165, 1.54) is 11.8 Å². The van der Waals surface area contributed by atoms with Crippen LogP contribution in [-0.2, 0) is 0 Å². The number of pyridine rings is 1. The molecular weight excluding hydrogens is 289 g/mol. The first-order chi connectivity index (χ1) is 11.3. The van der Waals surface area contributed by atoms with E-state index < -0.39 is 0 Å². The van der Waals surface area contributed by atoms with Crippen LogP contribution in [0.15, 0.2) is 54.7 Å². The minimum atomic E-state index is -0.227. The summed E-state index contributed by atoms with van der Waals surface area (Å²) < 4.78 is 14.0. The number of hydrogen-bond donors (Lipinski definition) is 1. The predicted octanol–water partition coefficient (Wildman–Crippen LogP) is 3.45. The Balaban J connectivity index is 1.74. The molecule has 0 unspecified atom stereocenters. The van der Waals surface area contributed by atoms with Crippen LogP contribution in [0.2, 0.25) is 0 Å². The Bertz CT molecular complexity index is 841. The van der Waals surface area contributed by atoms with Gasteiger partial charge in [0, 0.05) is 49.0 Å². The van der Waals surface area contributed by atoms with E-state index in [0.717, 1.165) is 37.3 Å². The van der Waals surface area contributed by atoms with Crippen molar-refractivity contribution in [2.45, 2.75) is 0 Å². The zero-order valence-corrected chi connectivity index (χ0v) is 12.8. The van der Waals surface area contributed by atoms with Gasteiger partial charge in [-0.15, -0.1) is 0 Å². The van der Waals surface area contributed by atoms with Gasteiger partial charge in [0.2, 0.25) is 0 Å². The molecule has 0 bridgehead atoms. The maximum absolute atomic E-state index is 14.0. The summed E-state index contributed by atoms with van der Waals surface area (Å²) in [7, 11) is 0. The van der Waals surface area contributed by atoms with Gasteiger partial charge in [-0.25, -0.2) is 4.39 Å². The quantitative estimate of drug-likeness (QED) is 0.786. The van der Waals surface area contributed by atoms with Crippen LogP contribution in [0, 0.1) is 5.82 Å².